The van der Waals surface area contributed by atoms with Crippen molar-refractivity contribution in [1.82, 2.24) is 4.90 Å². The first-order valence-electron chi connectivity index (χ1n) is 6.60. The average Bonchev–Trinajstić information content (AvgIpc) is 2.39. The fourth-order valence-electron chi connectivity index (χ4n) is 2.72. The molecule has 0 unspecified atom stereocenters. The molecule has 0 spiro atoms. The molecule has 1 aromatic rings. The van der Waals surface area contributed by atoms with E-state index in [4.69, 9.17) is 0 Å². The Morgan fingerprint density at radius 2 is 2.06 bits per heavy atom. The van der Waals surface area contributed by atoms with E-state index in [2.05, 4.69) is 49.1 Å². The molecule has 0 N–H and O–H groups in total. The van der Waals surface area contributed by atoms with Crippen molar-refractivity contribution in [3.63, 3.8) is 0 Å². The summed E-state index contributed by atoms with van der Waals surface area (Å²) in [6, 6.07) is 11.5. The molecule has 1 aromatic carbocycles. The molecule has 1 heterocycles. The van der Waals surface area contributed by atoms with E-state index in [-0.39, 0.29) is 0 Å². The molecule has 1 fully saturated rings. The number of likely N-dealkylation sites (tertiary alicyclic amines) is 1. The third kappa shape index (κ3) is 2.65. The summed E-state index contributed by atoms with van der Waals surface area (Å²) in [7, 11) is 0. The Morgan fingerprint density at radius 3 is 2.75 bits per heavy atom. The van der Waals surface area contributed by atoms with Crippen molar-refractivity contribution in [2.45, 2.75) is 39.2 Å². The fraction of sp³-hybridized carbons (Fsp3) is 0.600. The van der Waals surface area contributed by atoms with Crippen LogP contribution in [0.1, 0.15) is 44.7 Å². The van der Waals surface area contributed by atoms with Crippen LogP contribution in [-0.2, 0) is 0 Å². The Labute approximate surface area is 99.5 Å². The summed E-state index contributed by atoms with van der Waals surface area (Å²) in [5.74, 6) is 0.917. The van der Waals surface area contributed by atoms with Gasteiger partial charge in [-0.05, 0) is 37.8 Å². The van der Waals surface area contributed by atoms with Gasteiger partial charge in [-0.3, -0.25) is 4.90 Å². The lowest BCUT2D eigenvalue weighted by atomic mass is 9.93. The van der Waals surface area contributed by atoms with Crippen LogP contribution in [0.3, 0.4) is 0 Å². The molecule has 16 heavy (non-hydrogen) atoms. The number of hydrogen-bond donors (Lipinski definition) is 0. The molecule has 1 aliphatic heterocycles. The number of nitrogens with zero attached hydrogens (tertiary/aromatic N) is 1. The normalized spacial score (nSPS) is 24.2. The zero-order chi connectivity index (χ0) is 11.4. The van der Waals surface area contributed by atoms with Gasteiger partial charge in [0.15, 0.2) is 0 Å². The van der Waals surface area contributed by atoms with Gasteiger partial charge in [0.25, 0.3) is 0 Å². The van der Waals surface area contributed by atoms with Gasteiger partial charge in [0, 0.05) is 12.6 Å². The highest BCUT2D eigenvalue weighted by Gasteiger charge is 2.22. The van der Waals surface area contributed by atoms with Crippen molar-refractivity contribution in [2.24, 2.45) is 5.92 Å². The lowest BCUT2D eigenvalue weighted by Crippen LogP contribution is -2.37. The van der Waals surface area contributed by atoms with Crippen molar-refractivity contribution in [1.29, 1.82) is 0 Å². The summed E-state index contributed by atoms with van der Waals surface area (Å²) in [6.45, 7) is 7.22. The third-order valence-electron chi connectivity index (χ3n) is 3.96. The maximum Gasteiger partial charge on any atom is 0.0319 e. The van der Waals surface area contributed by atoms with Crippen LogP contribution in [-0.4, -0.2) is 18.0 Å². The Bertz CT molecular complexity index is 306. The highest BCUT2D eigenvalue weighted by atomic mass is 15.2. The monoisotopic (exact) mass is 217 g/mol. The molecular formula is C15H23N. The SMILES string of the molecule is CC[C@@H]1CCCN([C@@H](C)c2ccccc2)C1. The molecule has 0 saturated carbocycles. The Morgan fingerprint density at radius 1 is 1.31 bits per heavy atom. The average molecular weight is 217 g/mol. The predicted octanol–water partition coefficient (Wildman–Crippen LogP) is 3.87. The second kappa shape index (κ2) is 5.49. The Hall–Kier alpha value is -0.820. The summed E-state index contributed by atoms with van der Waals surface area (Å²) in [5, 5.41) is 0. The maximum atomic E-state index is 2.65. The minimum Gasteiger partial charge on any atom is -0.296 e. The van der Waals surface area contributed by atoms with Gasteiger partial charge in [0.2, 0.25) is 0 Å². The van der Waals surface area contributed by atoms with Crippen LogP contribution in [0, 0.1) is 5.92 Å². The van der Waals surface area contributed by atoms with E-state index in [1.165, 1.54) is 37.9 Å². The first kappa shape index (κ1) is 11.7. The van der Waals surface area contributed by atoms with Crippen LogP contribution >= 0.6 is 0 Å². The van der Waals surface area contributed by atoms with Crippen LogP contribution < -0.4 is 0 Å². The second-order valence-electron chi connectivity index (χ2n) is 5.00. The summed E-state index contributed by atoms with van der Waals surface area (Å²) in [4.78, 5) is 2.65. The molecule has 1 nitrogen and oxygen atoms in total. The predicted molar refractivity (Wildman–Crippen MR) is 69.4 cm³/mol. The lowest BCUT2D eigenvalue weighted by molar-refractivity contribution is 0.129. The highest BCUT2D eigenvalue weighted by molar-refractivity contribution is 5.18. The zero-order valence-electron chi connectivity index (χ0n) is 10.5. The van der Waals surface area contributed by atoms with Gasteiger partial charge >= 0.3 is 0 Å². The number of piperidine rings is 1. The molecule has 1 saturated heterocycles. The van der Waals surface area contributed by atoms with E-state index in [0.29, 0.717) is 6.04 Å². The fourth-order valence-corrected chi connectivity index (χ4v) is 2.72. The molecule has 0 bridgehead atoms. The van der Waals surface area contributed by atoms with Gasteiger partial charge in [-0.25, -0.2) is 0 Å². The minimum absolute atomic E-state index is 0.579. The molecule has 2 rings (SSSR count). The summed E-state index contributed by atoms with van der Waals surface area (Å²) >= 11 is 0. The second-order valence-corrected chi connectivity index (χ2v) is 5.00. The molecule has 1 heteroatoms. The van der Waals surface area contributed by atoms with Crippen LogP contribution in [0.25, 0.3) is 0 Å². The van der Waals surface area contributed by atoms with Crippen molar-refractivity contribution in [2.75, 3.05) is 13.1 Å². The van der Waals surface area contributed by atoms with Crippen LogP contribution in [0.4, 0.5) is 0 Å². The van der Waals surface area contributed by atoms with Gasteiger partial charge in [0.1, 0.15) is 0 Å². The quantitative estimate of drug-likeness (QED) is 0.743. The largest absolute Gasteiger partial charge is 0.296 e. The Balaban J connectivity index is 2.01. The molecule has 2 atom stereocenters. The van der Waals surface area contributed by atoms with Gasteiger partial charge in [0.05, 0.1) is 0 Å². The smallest absolute Gasteiger partial charge is 0.0319 e. The number of benzene rings is 1. The topological polar surface area (TPSA) is 3.24 Å². The minimum atomic E-state index is 0.579. The highest BCUT2D eigenvalue weighted by Crippen LogP contribution is 2.27. The summed E-state index contributed by atoms with van der Waals surface area (Å²) in [5.41, 5.74) is 1.46. The molecule has 1 aliphatic rings. The van der Waals surface area contributed by atoms with E-state index < -0.39 is 0 Å². The Kier molecular flexibility index (Phi) is 4.00. The van der Waals surface area contributed by atoms with E-state index in [1.54, 1.807) is 0 Å². The van der Waals surface area contributed by atoms with Gasteiger partial charge in [-0.2, -0.15) is 0 Å². The van der Waals surface area contributed by atoms with Crippen molar-refractivity contribution >= 4 is 0 Å². The van der Waals surface area contributed by atoms with Crippen molar-refractivity contribution in [3.05, 3.63) is 35.9 Å². The molecule has 0 amide bonds. The van der Waals surface area contributed by atoms with Gasteiger partial charge in [-0.15, -0.1) is 0 Å². The summed E-state index contributed by atoms with van der Waals surface area (Å²) in [6.07, 6.45) is 4.13. The van der Waals surface area contributed by atoms with Gasteiger partial charge < -0.3 is 0 Å². The zero-order valence-corrected chi connectivity index (χ0v) is 10.5. The van der Waals surface area contributed by atoms with Crippen LogP contribution in [0.15, 0.2) is 30.3 Å². The standard InChI is InChI=1S/C15H23N/c1-3-14-8-7-11-16(12-14)13(2)15-9-5-4-6-10-15/h4-6,9-10,13-14H,3,7-8,11-12H2,1-2H3/t13-,14+/m0/s1. The van der Waals surface area contributed by atoms with Gasteiger partial charge in [-0.1, -0.05) is 43.7 Å². The third-order valence-corrected chi connectivity index (χ3v) is 3.96. The molecule has 0 radical (unpaired) electrons. The first-order valence-corrected chi connectivity index (χ1v) is 6.60. The van der Waals surface area contributed by atoms with Crippen LogP contribution in [0.5, 0.6) is 0 Å². The molecular weight excluding hydrogens is 194 g/mol. The summed E-state index contributed by atoms with van der Waals surface area (Å²) < 4.78 is 0. The lowest BCUT2D eigenvalue weighted by Gasteiger charge is -2.36. The molecule has 0 aliphatic carbocycles. The van der Waals surface area contributed by atoms with E-state index in [9.17, 15) is 0 Å². The molecule has 88 valence electrons. The number of hydrogen-bond acceptors (Lipinski definition) is 1. The maximum absolute atomic E-state index is 2.65. The van der Waals surface area contributed by atoms with Crippen LogP contribution in [0.2, 0.25) is 0 Å². The van der Waals surface area contributed by atoms with E-state index >= 15 is 0 Å². The van der Waals surface area contributed by atoms with Crippen molar-refractivity contribution < 1.29 is 0 Å². The molecule has 0 aromatic heterocycles. The van der Waals surface area contributed by atoms with E-state index in [1.807, 2.05) is 0 Å². The number of rotatable bonds is 3. The first-order chi connectivity index (χ1) is 7.81. The van der Waals surface area contributed by atoms with E-state index in [0.717, 1.165) is 5.92 Å². The van der Waals surface area contributed by atoms with Crippen molar-refractivity contribution in [3.8, 4) is 0 Å².